The van der Waals surface area contributed by atoms with Gasteiger partial charge in [0.1, 0.15) is 0 Å². The number of hydrogen-bond donors (Lipinski definition) is 1. The average Bonchev–Trinajstić information content (AvgIpc) is 2.39. The molecule has 0 radical (unpaired) electrons. The molecule has 0 bridgehead atoms. The lowest BCUT2D eigenvalue weighted by Crippen LogP contribution is -2.15. The molecule has 0 saturated heterocycles. The highest BCUT2D eigenvalue weighted by molar-refractivity contribution is 6.33. The number of alkyl halides is 3. The zero-order valence-corrected chi connectivity index (χ0v) is 13.3. The number of nitrogens with one attached hydrogen (secondary N) is 1. The first-order valence-corrected chi connectivity index (χ1v) is 7.85. The predicted molar refractivity (Wildman–Crippen MR) is 82.9 cm³/mol. The molecule has 5 heteroatoms. The summed E-state index contributed by atoms with van der Waals surface area (Å²) in [7, 11) is 0. The molecule has 0 aromatic heterocycles. The van der Waals surface area contributed by atoms with Crippen LogP contribution in [0.1, 0.15) is 57.9 Å². The lowest BCUT2D eigenvalue weighted by atomic mass is 10.1. The molecule has 0 saturated carbocycles. The Morgan fingerprint density at radius 2 is 1.81 bits per heavy atom. The average molecular weight is 322 g/mol. The second-order valence-corrected chi connectivity index (χ2v) is 5.85. The smallest absolute Gasteiger partial charge is 0.381 e. The van der Waals surface area contributed by atoms with Crippen molar-refractivity contribution in [2.45, 2.75) is 64.6 Å². The molecular weight excluding hydrogens is 299 g/mol. The summed E-state index contributed by atoms with van der Waals surface area (Å²) < 4.78 is 37.7. The van der Waals surface area contributed by atoms with Crippen LogP contribution in [0.2, 0.25) is 5.02 Å². The molecule has 1 rings (SSSR count). The van der Waals surface area contributed by atoms with E-state index in [0.29, 0.717) is 5.69 Å². The van der Waals surface area contributed by atoms with Crippen molar-refractivity contribution in [2.75, 3.05) is 5.32 Å². The van der Waals surface area contributed by atoms with E-state index in [4.69, 9.17) is 11.6 Å². The van der Waals surface area contributed by atoms with Crippen LogP contribution in [0.3, 0.4) is 0 Å². The van der Waals surface area contributed by atoms with Gasteiger partial charge in [-0.3, -0.25) is 0 Å². The van der Waals surface area contributed by atoms with Gasteiger partial charge >= 0.3 is 6.18 Å². The van der Waals surface area contributed by atoms with E-state index in [9.17, 15) is 13.2 Å². The second-order valence-electron chi connectivity index (χ2n) is 5.44. The first kappa shape index (κ1) is 18.1. The lowest BCUT2D eigenvalue weighted by Gasteiger charge is -2.17. The molecule has 1 nitrogen and oxygen atoms in total. The third-order valence-corrected chi connectivity index (χ3v) is 3.75. The van der Waals surface area contributed by atoms with Crippen molar-refractivity contribution in [3.8, 4) is 0 Å². The molecule has 21 heavy (non-hydrogen) atoms. The molecule has 0 aliphatic carbocycles. The summed E-state index contributed by atoms with van der Waals surface area (Å²) in [5, 5.41) is 3.29. The van der Waals surface area contributed by atoms with Crippen molar-refractivity contribution in [3.05, 3.63) is 28.8 Å². The van der Waals surface area contributed by atoms with Gasteiger partial charge < -0.3 is 5.32 Å². The standard InChI is InChI=1S/C16H23ClF3N/c1-3-4-5-6-7-8-12(2)21-15-10-9-13(11-14(15)17)16(18,19)20/h9-12,21H,3-8H2,1-2H3. The van der Waals surface area contributed by atoms with E-state index >= 15 is 0 Å². The van der Waals surface area contributed by atoms with E-state index in [0.717, 1.165) is 25.0 Å². The van der Waals surface area contributed by atoms with Gasteiger partial charge in [-0.15, -0.1) is 0 Å². The number of rotatable bonds is 8. The summed E-state index contributed by atoms with van der Waals surface area (Å²) in [6, 6.07) is 3.62. The number of benzene rings is 1. The molecular formula is C16H23ClF3N. The molecule has 1 aromatic carbocycles. The maximum Gasteiger partial charge on any atom is 0.416 e. The van der Waals surface area contributed by atoms with Crippen molar-refractivity contribution in [1.29, 1.82) is 0 Å². The zero-order valence-electron chi connectivity index (χ0n) is 12.6. The van der Waals surface area contributed by atoms with Gasteiger partial charge in [0.25, 0.3) is 0 Å². The molecule has 0 aliphatic rings. The number of anilines is 1. The minimum atomic E-state index is -4.35. The van der Waals surface area contributed by atoms with Crippen LogP contribution in [0.15, 0.2) is 18.2 Å². The molecule has 1 unspecified atom stereocenters. The van der Waals surface area contributed by atoms with Gasteiger partial charge in [-0.1, -0.05) is 50.6 Å². The van der Waals surface area contributed by atoms with Crippen molar-refractivity contribution in [1.82, 2.24) is 0 Å². The number of unbranched alkanes of at least 4 members (excludes halogenated alkanes) is 4. The lowest BCUT2D eigenvalue weighted by molar-refractivity contribution is -0.137. The minimum absolute atomic E-state index is 0.114. The summed E-state index contributed by atoms with van der Waals surface area (Å²) in [4.78, 5) is 0. The van der Waals surface area contributed by atoms with Crippen LogP contribution >= 0.6 is 11.6 Å². The maximum absolute atomic E-state index is 12.6. The van der Waals surface area contributed by atoms with Crippen LogP contribution in [0.5, 0.6) is 0 Å². The van der Waals surface area contributed by atoms with Gasteiger partial charge in [0.15, 0.2) is 0 Å². The Morgan fingerprint density at radius 3 is 2.38 bits per heavy atom. The first-order chi connectivity index (χ1) is 9.84. The molecule has 0 amide bonds. The van der Waals surface area contributed by atoms with Gasteiger partial charge in [-0.25, -0.2) is 0 Å². The van der Waals surface area contributed by atoms with Crippen LogP contribution in [0, 0.1) is 0 Å². The monoisotopic (exact) mass is 321 g/mol. The number of hydrogen-bond acceptors (Lipinski definition) is 1. The van der Waals surface area contributed by atoms with Crippen molar-refractivity contribution < 1.29 is 13.2 Å². The Hall–Kier alpha value is -0.900. The summed E-state index contributed by atoms with van der Waals surface area (Å²) in [6.07, 6.45) is 2.66. The Balaban J connectivity index is 2.47. The fourth-order valence-electron chi connectivity index (χ4n) is 2.20. The van der Waals surface area contributed by atoms with E-state index in [1.807, 2.05) is 6.92 Å². The van der Waals surface area contributed by atoms with Gasteiger partial charge in [0.2, 0.25) is 0 Å². The normalized spacial score (nSPS) is 13.2. The van der Waals surface area contributed by atoms with E-state index in [2.05, 4.69) is 12.2 Å². The topological polar surface area (TPSA) is 12.0 Å². The zero-order chi connectivity index (χ0) is 15.9. The van der Waals surface area contributed by atoms with Gasteiger partial charge in [-0.05, 0) is 31.5 Å². The van der Waals surface area contributed by atoms with Crippen LogP contribution < -0.4 is 5.32 Å². The third-order valence-electron chi connectivity index (χ3n) is 3.44. The van der Waals surface area contributed by atoms with E-state index in [-0.39, 0.29) is 11.1 Å². The maximum atomic E-state index is 12.6. The summed E-state index contributed by atoms with van der Waals surface area (Å²) in [5.74, 6) is 0. The van der Waals surface area contributed by atoms with Gasteiger partial charge in [0.05, 0.1) is 16.3 Å². The molecule has 0 spiro atoms. The molecule has 1 atom stereocenters. The fraction of sp³-hybridized carbons (Fsp3) is 0.625. The minimum Gasteiger partial charge on any atom is -0.381 e. The summed E-state index contributed by atoms with van der Waals surface area (Å²) >= 11 is 5.92. The van der Waals surface area contributed by atoms with E-state index in [1.165, 1.54) is 31.7 Å². The largest absolute Gasteiger partial charge is 0.416 e. The van der Waals surface area contributed by atoms with Crippen LogP contribution in [-0.4, -0.2) is 6.04 Å². The third kappa shape index (κ3) is 6.60. The SMILES string of the molecule is CCCCCCCC(C)Nc1ccc(C(F)(F)F)cc1Cl. The van der Waals surface area contributed by atoms with Crippen LogP contribution in [0.4, 0.5) is 18.9 Å². The molecule has 0 fully saturated rings. The van der Waals surface area contributed by atoms with Crippen molar-refractivity contribution in [2.24, 2.45) is 0 Å². The molecule has 0 heterocycles. The highest BCUT2D eigenvalue weighted by atomic mass is 35.5. The molecule has 1 aromatic rings. The summed E-state index contributed by atoms with van der Waals surface area (Å²) in [5.41, 5.74) is -0.156. The Kier molecular flexibility index (Phi) is 7.36. The molecule has 0 aliphatic heterocycles. The fourth-order valence-corrected chi connectivity index (χ4v) is 2.44. The van der Waals surface area contributed by atoms with Crippen LogP contribution in [-0.2, 0) is 6.18 Å². The Labute approximate surface area is 129 Å². The predicted octanol–water partition coefficient (Wildman–Crippen LogP) is 6.52. The van der Waals surface area contributed by atoms with Crippen LogP contribution in [0.25, 0.3) is 0 Å². The summed E-state index contributed by atoms with van der Waals surface area (Å²) in [6.45, 7) is 4.20. The molecule has 1 N–H and O–H groups in total. The van der Waals surface area contributed by atoms with E-state index < -0.39 is 11.7 Å². The molecule has 120 valence electrons. The Morgan fingerprint density at radius 1 is 1.14 bits per heavy atom. The van der Waals surface area contributed by atoms with Gasteiger partial charge in [-0.2, -0.15) is 13.2 Å². The van der Waals surface area contributed by atoms with Gasteiger partial charge in [0, 0.05) is 6.04 Å². The quantitative estimate of drug-likeness (QED) is 0.537. The second kappa shape index (κ2) is 8.52. The van der Waals surface area contributed by atoms with Crippen molar-refractivity contribution >= 4 is 17.3 Å². The highest BCUT2D eigenvalue weighted by Crippen LogP contribution is 2.34. The van der Waals surface area contributed by atoms with E-state index in [1.54, 1.807) is 0 Å². The highest BCUT2D eigenvalue weighted by Gasteiger charge is 2.30. The Bertz CT molecular complexity index is 432. The van der Waals surface area contributed by atoms with Crippen molar-refractivity contribution in [3.63, 3.8) is 0 Å². The first-order valence-electron chi connectivity index (χ1n) is 7.48. The number of halogens is 4.